The Labute approximate surface area is 130 Å². The lowest BCUT2D eigenvalue weighted by molar-refractivity contribution is 0.281. The molecule has 9 heteroatoms. The molecule has 20 heavy (non-hydrogen) atoms. The van der Waals surface area contributed by atoms with Crippen molar-refractivity contribution in [3.05, 3.63) is 44.3 Å². The maximum Gasteiger partial charge on any atom is 0.242 e. The third-order valence-electron chi connectivity index (χ3n) is 2.53. The Morgan fingerprint density at radius 3 is 2.70 bits per heavy atom. The molecule has 2 N–H and O–H groups in total. The highest BCUT2D eigenvalue weighted by Crippen LogP contribution is 2.31. The van der Waals surface area contributed by atoms with Crippen LogP contribution in [0.25, 0.3) is 0 Å². The van der Waals surface area contributed by atoms with Crippen LogP contribution in [0, 0.1) is 0 Å². The fourth-order valence-corrected chi connectivity index (χ4v) is 3.95. The zero-order valence-electron chi connectivity index (χ0n) is 10.0. The zero-order chi connectivity index (χ0) is 14.8. The number of benzene rings is 1. The van der Waals surface area contributed by atoms with Crippen molar-refractivity contribution in [2.24, 2.45) is 0 Å². The number of aliphatic hydroxyl groups is 1. The first-order valence-electron chi connectivity index (χ1n) is 5.40. The number of aromatic nitrogens is 1. The van der Waals surface area contributed by atoms with Crippen LogP contribution < -0.4 is 4.72 Å². The molecule has 0 bridgehead atoms. The van der Waals surface area contributed by atoms with E-state index < -0.39 is 16.6 Å². The minimum atomic E-state index is -3.80. The summed E-state index contributed by atoms with van der Waals surface area (Å²) in [5.41, 5.74) is 2.42. The smallest absolute Gasteiger partial charge is 0.242 e. The maximum absolute atomic E-state index is 12.2. The Hall–Kier alpha value is -0.700. The van der Waals surface area contributed by atoms with Gasteiger partial charge in [-0.25, -0.2) is 18.1 Å². The number of nitrogens with one attached hydrogen (secondary N) is 1. The van der Waals surface area contributed by atoms with Gasteiger partial charge in [0.2, 0.25) is 10.0 Å². The summed E-state index contributed by atoms with van der Waals surface area (Å²) in [5.74, 6) is 0. The minimum Gasteiger partial charge on any atom is -0.392 e. The second-order valence-corrected chi connectivity index (χ2v) is 7.04. The van der Waals surface area contributed by atoms with Gasteiger partial charge in [-0.1, -0.05) is 23.2 Å². The number of hydrogen-bond donors (Lipinski definition) is 2. The fourth-order valence-electron chi connectivity index (χ4n) is 1.50. The van der Waals surface area contributed by atoms with Gasteiger partial charge in [0.1, 0.15) is 4.90 Å². The molecule has 0 saturated heterocycles. The quantitative estimate of drug-likeness (QED) is 0.865. The molecule has 1 aromatic heterocycles. The molecule has 0 aliphatic carbocycles. The van der Waals surface area contributed by atoms with E-state index in [9.17, 15) is 13.5 Å². The lowest BCUT2D eigenvalue weighted by Gasteiger charge is -2.11. The zero-order valence-corrected chi connectivity index (χ0v) is 13.2. The van der Waals surface area contributed by atoms with Crippen LogP contribution >= 0.6 is 34.5 Å². The molecule has 2 aromatic rings. The van der Waals surface area contributed by atoms with Gasteiger partial charge >= 0.3 is 0 Å². The van der Waals surface area contributed by atoms with Gasteiger partial charge in [0, 0.05) is 16.0 Å². The molecule has 0 spiro atoms. The van der Waals surface area contributed by atoms with E-state index in [0.29, 0.717) is 5.69 Å². The van der Waals surface area contributed by atoms with Crippen molar-refractivity contribution in [3.63, 3.8) is 0 Å². The van der Waals surface area contributed by atoms with Gasteiger partial charge in [0.05, 0.1) is 29.4 Å². The lowest BCUT2D eigenvalue weighted by Crippen LogP contribution is -2.24. The molecule has 1 aromatic carbocycles. The van der Waals surface area contributed by atoms with Crippen molar-refractivity contribution < 1.29 is 13.5 Å². The summed E-state index contributed by atoms with van der Waals surface area (Å²) in [4.78, 5) is 3.86. The van der Waals surface area contributed by atoms with Crippen molar-refractivity contribution in [2.75, 3.05) is 0 Å². The molecule has 0 radical (unpaired) electrons. The average molecular weight is 353 g/mol. The van der Waals surface area contributed by atoms with Crippen LogP contribution in [0.2, 0.25) is 10.0 Å². The predicted molar refractivity (Wildman–Crippen MR) is 78.5 cm³/mol. The van der Waals surface area contributed by atoms with Gasteiger partial charge in [0.15, 0.2) is 0 Å². The highest BCUT2D eigenvalue weighted by atomic mass is 35.5. The third-order valence-corrected chi connectivity index (χ3v) is 5.50. The van der Waals surface area contributed by atoms with E-state index in [1.54, 1.807) is 10.9 Å². The first-order valence-corrected chi connectivity index (χ1v) is 8.58. The molecule has 1 heterocycles. The Morgan fingerprint density at radius 1 is 1.35 bits per heavy atom. The van der Waals surface area contributed by atoms with Crippen LogP contribution in [0.3, 0.4) is 0 Å². The molecule has 5 nitrogen and oxygen atoms in total. The number of rotatable bonds is 5. The van der Waals surface area contributed by atoms with E-state index in [1.807, 2.05) is 0 Å². The number of thiazole rings is 1. The van der Waals surface area contributed by atoms with Gasteiger partial charge in [-0.15, -0.1) is 11.3 Å². The van der Waals surface area contributed by atoms with Crippen LogP contribution in [0.5, 0.6) is 0 Å². The van der Waals surface area contributed by atoms with Gasteiger partial charge < -0.3 is 5.11 Å². The maximum atomic E-state index is 12.2. The average Bonchev–Trinajstić information content (AvgIpc) is 2.90. The first-order chi connectivity index (χ1) is 9.45. The Balaban J connectivity index is 2.30. The molecule has 2 rings (SSSR count). The van der Waals surface area contributed by atoms with Gasteiger partial charge in [-0.3, -0.25) is 0 Å². The van der Waals surface area contributed by atoms with Crippen molar-refractivity contribution in [1.82, 2.24) is 9.71 Å². The topological polar surface area (TPSA) is 79.3 Å². The Kier molecular flexibility index (Phi) is 5.00. The standard InChI is InChI=1S/C11H10Cl2N2O3S2/c12-9-1-2-10(11(13)8(9)4-16)20(17,18)15-3-7-5-19-6-14-7/h1-2,5-6,15-16H,3-4H2. The van der Waals surface area contributed by atoms with Crippen molar-refractivity contribution in [3.8, 4) is 0 Å². The molecular weight excluding hydrogens is 343 g/mol. The van der Waals surface area contributed by atoms with E-state index in [0.717, 1.165) is 0 Å². The Morgan fingerprint density at radius 2 is 2.10 bits per heavy atom. The van der Waals surface area contributed by atoms with E-state index in [-0.39, 0.29) is 27.0 Å². The van der Waals surface area contributed by atoms with E-state index >= 15 is 0 Å². The summed E-state index contributed by atoms with van der Waals surface area (Å²) >= 11 is 13.2. The predicted octanol–water partition coefficient (Wildman–Crippen LogP) is 2.42. The van der Waals surface area contributed by atoms with Gasteiger partial charge in [0.25, 0.3) is 0 Å². The molecule has 0 fully saturated rings. The van der Waals surface area contributed by atoms with E-state index in [1.165, 1.54) is 23.5 Å². The number of aliphatic hydroxyl groups excluding tert-OH is 1. The van der Waals surface area contributed by atoms with Crippen molar-refractivity contribution in [1.29, 1.82) is 0 Å². The van der Waals surface area contributed by atoms with Gasteiger partial charge in [-0.05, 0) is 12.1 Å². The van der Waals surface area contributed by atoms with Crippen LogP contribution in [-0.2, 0) is 23.2 Å². The first kappa shape index (κ1) is 15.7. The molecule has 0 aliphatic rings. The van der Waals surface area contributed by atoms with Crippen LogP contribution in [-0.4, -0.2) is 18.5 Å². The summed E-state index contributed by atoms with van der Waals surface area (Å²) in [5, 5.41) is 11.1. The normalized spacial score (nSPS) is 11.8. The SMILES string of the molecule is O=S(=O)(NCc1cscn1)c1ccc(Cl)c(CO)c1Cl. The van der Waals surface area contributed by atoms with E-state index in [2.05, 4.69) is 9.71 Å². The summed E-state index contributed by atoms with van der Waals surface area (Å²) in [6.45, 7) is -0.369. The minimum absolute atomic E-state index is 0.0687. The van der Waals surface area contributed by atoms with Crippen molar-refractivity contribution in [2.45, 2.75) is 18.0 Å². The highest BCUT2D eigenvalue weighted by Gasteiger charge is 2.21. The number of sulfonamides is 1. The molecule has 0 saturated carbocycles. The third kappa shape index (κ3) is 3.30. The summed E-state index contributed by atoms with van der Waals surface area (Å²) in [6.07, 6.45) is 0. The molecule has 0 aliphatic heterocycles. The summed E-state index contributed by atoms with van der Waals surface area (Å²) < 4.78 is 26.8. The van der Waals surface area contributed by atoms with E-state index in [4.69, 9.17) is 23.2 Å². The molecule has 0 amide bonds. The monoisotopic (exact) mass is 352 g/mol. The largest absolute Gasteiger partial charge is 0.392 e. The molecule has 108 valence electrons. The van der Waals surface area contributed by atoms with Crippen molar-refractivity contribution >= 4 is 44.6 Å². The van der Waals surface area contributed by atoms with Gasteiger partial charge in [-0.2, -0.15) is 0 Å². The summed E-state index contributed by atoms with van der Waals surface area (Å²) in [7, 11) is -3.80. The highest BCUT2D eigenvalue weighted by molar-refractivity contribution is 7.89. The van der Waals surface area contributed by atoms with Crippen LogP contribution in [0.4, 0.5) is 0 Å². The molecule has 0 unspecified atom stereocenters. The number of halogens is 2. The Bertz CT molecular complexity index is 703. The van der Waals surface area contributed by atoms with Crippen LogP contribution in [0.15, 0.2) is 27.9 Å². The summed E-state index contributed by atoms with van der Waals surface area (Å²) in [6, 6.07) is 2.68. The number of nitrogens with zero attached hydrogens (tertiary/aromatic N) is 1. The molecule has 0 atom stereocenters. The second kappa shape index (κ2) is 6.38. The second-order valence-electron chi connectivity index (χ2n) is 3.80. The lowest BCUT2D eigenvalue weighted by atomic mass is 10.2. The number of hydrogen-bond acceptors (Lipinski definition) is 5. The van der Waals surface area contributed by atoms with Crippen LogP contribution in [0.1, 0.15) is 11.3 Å². The molecular formula is C11H10Cl2N2O3S2. The fraction of sp³-hybridized carbons (Fsp3) is 0.182.